The maximum absolute atomic E-state index is 10.8. The minimum atomic E-state index is -0.0793. The Balaban J connectivity index is 3.12. The molecule has 0 saturated carbocycles. The van der Waals surface area contributed by atoms with E-state index in [4.69, 9.17) is 21.4 Å². The van der Waals surface area contributed by atoms with E-state index in [2.05, 4.69) is 0 Å². The molecule has 0 aromatic heterocycles. The molecule has 82 valence electrons. The summed E-state index contributed by atoms with van der Waals surface area (Å²) in [6.07, 6.45) is 1.43. The van der Waals surface area contributed by atoms with Crippen molar-refractivity contribution in [2.24, 2.45) is 0 Å². The van der Waals surface area contributed by atoms with Gasteiger partial charge in [-0.1, -0.05) is 18.5 Å². The second-order valence-electron chi connectivity index (χ2n) is 3.03. The largest absolute Gasteiger partial charge is 0.490 e. The van der Waals surface area contributed by atoms with Crippen LogP contribution in [-0.2, 0) is 6.42 Å². The van der Waals surface area contributed by atoms with Crippen molar-refractivity contribution < 1.29 is 14.6 Å². The zero-order valence-electron chi connectivity index (χ0n) is 8.50. The van der Waals surface area contributed by atoms with E-state index in [0.717, 1.165) is 12.0 Å². The molecule has 0 spiro atoms. The van der Waals surface area contributed by atoms with Crippen LogP contribution in [0.1, 0.15) is 22.8 Å². The Hall–Kier alpha value is -1.06. The van der Waals surface area contributed by atoms with E-state index in [9.17, 15) is 4.79 Å². The molecular formula is C11H13ClO3. The zero-order chi connectivity index (χ0) is 11.3. The number of aliphatic hydroxyl groups is 1. The molecule has 1 rings (SSSR count). The topological polar surface area (TPSA) is 46.5 Å². The number of hydrogen-bond donors (Lipinski definition) is 1. The maximum atomic E-state index is 10.8. The zero-order valence-corrected chi connectivity index (χ0v) is 9.25. The Bertz CT molecular complexity index is 350. The quantitative estimate of drug-likeness (QED) is 0.785. The summed E-state index contributed by atoms with van der Waals surface area (Å²) in [5.41, 5.74) is 1.30. The molecule has 0 amide bonds. The predicted octanol–water partition coefficient (Wildman–Crippen LogP) is 2.09. The van der Waals surface area contributed by atoms with Gasteiger partial charge in [0.05, 0.1) is 12.2 Å². The Labute approximate surface area is 93.6 Å². The van der Waals surface area contributed by atoms with Crippen molar-refractivity contribution in [2.45, 2.75) is 13.3 Å². The van der Waals surface area contributed by atoms with Gasteiger partial charge in [-0.05, 0) is 24.1 Å². The van der Waals surface area contributed by atoms with Crippen molar-refractivity contribution in [1.82, 2.24) is 0 Å². The first-order valence-electron chi connectivity index (χ1n) is 4.74. The van der Waals surface area contributed by atoms with Crippen molar-refractivity contribution in [2.75, 3.05) is 13.2 Å². The number of benzene rings is 1. The van der Waals surface area contributed by atoms with E-state index in [-0.39, 0.29) is 13.2 Å². The van der Waals surface area contributed by atoms with Gasteiger partial charge in [0, 0.05) is 5.02 Å². The van der Waals surface area contributed by atoms with E-state index >= 15 is 0 Å². The summed E-state index contributed by atoms with van der Waals surface area (Å²) in [5, 5.41) is 9.19. The smallest absolute Gasteiger partial charge is 0.153 e. The summed E-state index contributed by atoms with van der Waals surface area (Å²) < 4.78 is 5.31. The molecule has 0 atom stereocenters. The molecule has 0 unspecified atom stereocenters. The Kier molecular flexibility index (Phi) is 4.59. The number of aliphatic hydroxyl groups excluding tert-OH is 1. The number of ether oxygens (including phenoxy) is 1. The number of rotatable bonds is 5. The summed E-state index contributed by atoms with van der Waals surface area (Å²) >= 11 is 5.85. The Morgan fingerprint density at radius 3 is 2.80 bits per heavy atom. The van der Waals surface area contributed by atoms with Gasteiger partial charge in [-0.2, -0.15) is 0 Å². The monoisotopic (exact) mass is 228 g/mol. The van der Waals surface area contributed by atoms with Crippen molar-refractivity contribution in [3.63, 3.8) is 0 Å². The van der Waals surface area contributed by atoms with Crippen LogP contribution < -0.4 is 4.74 Å². The minimum Gasteiger partial charge on any atom is -0.490 e. The van der Waals surface area contributed by atoms with E-state index in [0.29, 0.717) is 22.6 Å². The van der Waals surface area contributed by atoms with Gasteiger partial charge in [0.15, 0.2) is 6.29 Å². The molecule has 0 fully saturated rings. The summed E-state index contributed by atoms with van der Waals surface area (Å²) in [6, 6.07) is 3.32. The number of aryl methyl sites for hydroxylation is 1. The fourth-order valence-electron chi connectivity index (χ4n) is 1.35. The fraction of sp³-hybridized carbons (Fsp3) is 0.364. The average Bonchev–Trinajstić information content (AvgIpc) is 2.26. The lowest BCUT2D eigenvalue weighted by atomic mass is 10.1. The van der Waals surface area contributed by atoms with Crippen LogP contribution in [0.15, 0.2) is 12.1 Å². The van der Waals surface area contributed by atoms with Crippen LogP contribution in [0.2, 0.25) is 5.02 Å². The molecule has 1 aromatic rings. The lowest BCUT2D eigenvalue weighted by molar-refractivity contribution is 0.111. The second kappa shape index (κ2) is 5.73. The van der Waals surface area contributed by atoms with Gasteiger partial charge in [0.1, 0.15) is 12.4 Å². The Morgan fingerprint density at radius 2 is 2.27 bits per heavy atom. The molecular weight excluding hydrogens is 216 g/mol. The van der Waals surface area contributed by atoms with Crippen LogP contribution in [0, 0.1) is 0 Å². The second-order valence-corrected chi connectivity index (χ2v) is 3.46. The summed E-state index contributed by atoms with van der Waals surface area (Å²) in [6.45, 7) is 2.05. The molecule has 1 N–H and O–H groups in total. The van der Waals surface area contributed by atoms with Crippen molar-refractivity contribution in [3.05, 3.63) is 28.3 Å². The van der Waals surface area contributed by atoms with Gasteiger partial charge in [-0.3, -0.25) is 4.79 Å². The van der Waals surface area contributed by atoms with Gasteiger partial charge in [-0.15, -0.1) is 0 Å². The molecule has 0 saturated heterocycles. The van der Waals surface area contributed by atoms with Crippen molar-refractivity contribution in [3.8, 4) is 5.75 Å². The SMILES string of the molecule is CCc1cc(Cl)cc(C=O)c1OCCO. The molecule has 1 aromatic carbocycles. The van der Waals surface area contributed by atoms with Crippen LogP contribution in [0.25, 0.3) is 0 Å². The molecule has 4 heteroatoms. The molecule has 15 heavy (non-hydrogen) atoms. The summed E-state index contributed by atoms with van der Waals surface area (Å²) in [5.74, 6) is 0.519. The van der Waals surface area contributed by atoms with Gasteiger partial charge in [-0.25, -0.2) is 0 Å². The average molecular weight is 229 g/mol. The number of aldehydes is 1. The highest BCUT2D eigenvalue weighted by Crippen LogP contribution is 2.27. The van der Waals surface area contributed by atoms with Crippen molar-refractivity contribution in [1.29, 1.82) is 0 Å². The lowest BCUT2D eigenvalue weighted by Crippen LogP contribution is -2.06. The predicted molar refractivity (Wildman–Crippen MR) is 58.8 cm³/mol. The molecule has 0 bridgehead atoms. The minimum absolute atomic E-state index is 0.0793. The van der Waals surface area contributed by atoms with Crippen LogP contribution in [-0.4, -0.2) is 24.6 Å². The van der Waals surface area contributed by atoms with Crippen molar-refractivity contribution >= 4 is 17.9 Å². The van der Waals surface area contributed by atoms with Crippen LogP contribution in [0.3, 0.4) is 0 Å². The maximum Gasteiger partial charge on any atom is 0.153 e. The molecule has 3 nitrogen and oxygen atoms in total. The highest BCUT2D eigenvalue weighted by Gasteiger charge is 2.10. The van der Waals surface area contributed by atoms with Crippen LogP contribution >= 0.6 is 11.6 Å². The number of carbonyl (C=O) groups is 1. The molecule has 0 radical (unpaired) electrons. The fourth-order valence-corrected chi connectivity index (χ4v) is 1.60. The highest BCUT2D eigenvalue weighted by atomic mass is 35.5. The third-order valence-corrected chi connectivity index (χ3v) is 2.22. The molecule has 0 aliphatic heterocycles. The summed E-state index contributed by atoms with van der Waals surface area (Å²) in [7, 11) is 0. The number of carbonyl (C=O) groups excluding carboxylic acids is 1. The van der Waals surface area contributed by atoms with Gasteiger partial charge in [0.2, 0.25) is 0 Å². The van der Waals surface area contributed by atoms with Gasteiger partial charge < -0.3 is 9.84 Å². The lowest BCUT2D eigenvalue weighted by Gasteiger charge is -2.12. The first kappa shape index (κ1) is 12.0. The normalized spacial score (nSPS) is 10.1. The van der Waals surface area contributed by atoms with E-state index in [1.165, 1.54) is 0 Å². The highest BCUT2D eigenvalue weighted by molar-refractivity contribution is 6.31. The first-order chi connectivity index (χ1) is 7.22. The van der Waals surface area contributed by atoms with E-state index in [1.54, 1.807) is 12.1 Å². The van der Waals surface area contributed by atoms with Gasteiger partial charge >= 0.3 is 0 Å². The molecule has 0 aliphatic rings. The number of halogens is 1. The molecule has 0 aliphatic carbocycles. The van der Waals surface area contributed by atoms with Gasteiger partial charge in [0.25, 0.3) is 0 Å². The Morgan fingerprint density at radius 1 is 1.53 bits per heavy atom. The van der Waals surface area contributed by atoms with E-state index in [1.807, 2.05) is 6.92 Å². The summed E-state index contributed by atoms with van der Waals surface area (Å²) in [4.78, 5) is 10.8. The standard InChI is InChI=1S/C11H13ClO3/c1-2-8-5-10(12)6-9(7-14)11(8)15-4-3-13/h5-7,13H,2-4H2,1H3. The van der Waals surface area contributed by atoms with Crippen LogP contribution in [0.5, 0.6) is 5.75 Å². The van der Waals surface area contributed by atoms with Crippen LogP contribution in [0.4, 0.5) is 0 Å². The number of hydrogen-bond acceptors (Lipinski definition) is 3. The van der Waals surface area contributed by atoms with E-state index < -0.39 is 0 Å². The third-order valence-electron chi connectivity index (χ3n) is 2.00. The third kappa shape index (κ3) is 2.94. The first-order valence-corrected chi connectivity index (χ1v) is 5.12. The molecule has 0 heterocycles.